The second kappa shape index (κ2) is 5.76. The number of anilines is 1. The van der Waals surface area contributed by atoms with Gasteiger partial charge in [0.05, 0.1) is 0 Å². The van der Waals surface area contributed by atoms with Crippen LogP contribution in [0.3, 0.4) is 0 Å². The SMILES string of the molecule is Nc1cccc2c1BN(C1(CSI)CCC(=O)NC1=O)C2=O. The minimum Gasteiger partial charge on any atom is -0.399 e. The summed E-state index contributed by atoms with van der Waals surface area (Å²) in [6.07, 6.45) is 0.575. The largest absolute Gasteiger partial charge is 0.399 e. The molecule has 1 aromatic carbocycles. The van der Waals surface area contributed by atoms with Gasteiger partial charge in [0, 0.05) is 23.4 Å². The lowest BCUT2D eigenvalue weighted by Gasteiger charge is -2.42. The number of nitrogens with zero attached hydrogens (tertiary/aromatic N) is 1. The summed E-state index contributed by atoms with van der Waals surface area (Å²) >= 11 is 2.10. The van der Waals surface area contributed by atoms with E-state index in [2.05, 4.69) is 26.5 Å². The normalized spacial score (nSPS) is 24.0. The Morgan fingerprint density at radius 2 is 2.18 bits per heavy atom. The van der Waals surface area contributed by atoms with E-state index in [4.69, 9.17) is 5.73 Å². The average molecular weight is 429 g/mol. The number of rotatable bonds is 3. The molecule has 1 unspecified atom stereocenters. The summed E-state index contributed by atoms with van der Waals surface area (Å²) < 4.78 is 0. The van der Waals surface area contributed by atoms with Gasteiger partial charge in [0.25, 0.3) is 13.3 Å². The summed E-state index contributed by atoms with van der Waals surface area (Å²) in [5.74, 6) is -0.445. The zero-order valence-electron chi connectivity index (χ0n) is 11.6. The van der Waals surface area contributed by atoms with Crippen molar-refractivity contribution in [3.8, 4) is 0 Å². The number of hydrogen-bond donors (Lipinski definition) is 2. The van der Waals surface area contributed by atoms with E-state index < -0.39 is 11.4 Å². The fraction of sp³-hybridized carbons (Fsp3) is 0.308. The van der Waals surface area contributed by atoms with Gasteiger partial charge >= 0.3 is 0 Å². The van der Waals surface area contributed by atoms with Crippen LogP contribution in [0.4, 0.5) is 5.69 Å². The quantitative estimate of drug-likeness (QED) is 0.305. The molecule has 9 heteroatoms. The van der Waals surface area contributed by atoms with Crippen LogP contribution in [0, 0.1) is 0 Å². The molecule has 1 saturated heterocycles. The van der Waals surface area contributed by atoms with E-state index in [0.717, 1.165) is 5.46 Å². The van der Waals surface area contributed by atoms with Crippen LogP contribution in [0.2, 0.25) is 0 Å². The molecule has 0 radical (unpaired) electrons. The molecule has 0 aliphatic carbocycles. The van der Waals surface area contributed by atoms with Crippen molar-refractivity contribution < 1.29 is 14.4 Å². The van der Waals surface area contributed by atoms with Crippen molar-refractivity contribution >= 4 is 66.4 Å². The number of amides is 3. The van der Waals surface area contributed by atoms with Gasteiger partial charge in [-0.15, -0.1) is 0 Å². The van der Waals surface area contributed by atoms with Gasteiger partial charge in [-0.25, -0.2) is 0 Å². The van der Waals surface area contributed by atoms with Crippen molar-refractivity contribution in [1.29, 1.82) is 0 Å². The third kappa shape index (κ3) is 2.30. The van der Waals surface area contributed by atoms with E-state index in [1.807, 2.05) is 0 Å². The molecule has 2 heterocycles. The second-order valence-electron chi connectivity index (χ2n) is 5.43. The molecule has 0 bridgehead atoms. The van der Waals surface area contributed by atoms with E-state index in [-0.39, 0.29) is 18.2 Å². The van der Waals surface area contributed by atoms with Crippen molar-refractivity contribution in [2.45, 2.75) is 18.4 Å². The molecule has 3 rings (SSSR count). The van der Waals surface area contributed by atoms with E-state index in [1.165, 1.54) is 8.93 Å². The van der Waals surface area contributed by atoms with E-state index >= 15 is 0 Å². The van der Waals surface area contributed by atoms with Crippen LogP contribution < -0.4 is 16.5 Å². The Morgan fingerprint density at radius 3 is 2.82 bits per heavy atom. The van der Waals surface area contributed by atoms with Crippen LogP contribution in [0.5, 0.6) is 0 Å². The van der Waals surface area contributed by atoms with E-state index in [1.54, 1.807) is 23.0 Å². The van der Waals surface area contributed by atoms with Gasteiger partial charge in [-0.2, -0.15) is 0 Å². The maximum atomic E-state index is 12.7. The molecule has 2 aliphatic rings. The number of imide groups is 1. The number of piperidine rings is 1. The Kier molecular flexibility index (Phi) is 4.10. The first kappa shape index (κ1) is 15.7. The fourth-order valence-corrected chi connectivity index (χ4v) is 5.16. The van der Waals surface area contributed by atoms with Crippen LogP contribution in [0.25, 0.3) is 0 Å². The van der Waals surface area contributed by atoms with Gasteiger partial charge in [-0.1, -0.05) is 15.0 Å². The highest BCUT2D eigenvalue weighted by Gasteiger charge is 2.51. The van der Waals surface area contributed by atoms with Crippen molar-refractivity contribution in [3.63, 3.8) is 0 Å². The number of halogens is 1. The second-order valence-corrected chi connectivity index (χ2v) is 7.80. The molecule has 0 spiro atoms. The first-order valence-corrected chi connectivity index (χ1v) is 10.3. The number of carbonyl (C=O) groups excluding carboxylic acids is 3. The van der Waals surface area contributed by atoms with Crippen molar-refractivity contribution in [2.75, 3.05) is 11.5 Å². The number of hydrogen-bond acceptors (Lipinski definition) is 5. The van der Waals surface area contributed by atoms with Crippen LogP contribution in [0.1, 0.15) is 23.2 Å². The number of benzene rings is 1. The van der Waals surface area contributed by atoms with Gasteiger partial charge in [0.2, 0.25) is 11.8 Å². The average Bonchev–Trinajstić information content (AvgIpc) is 2.82. The molecule has 2 aliphatic heterocycles. The standard InChI is InChI=1S/C13H13BIN3O3S/c15-22-6-13(5-4-9(19)17-12(13)21)18-11(20)7-2-1-3-8(16)10(7)14-18/h1-3,14H,4-6,16H2,(H,17,19,21). The summed E-state index contributed by atoms with van der Waals surface area (Å²) in [5, 5.41) is 2.37. The van der Waals surface area contributed by atoms with E-state index in [0.29, 0.717) is 30.8 Å². The minimum absolute atomic E-state index is 0.197. The number of nitrogens with two attached hydrogens (primary N) is 1. The predicted octanol–water partition coefficient (Wildman–Crippen LogP) is -0.0400. The van der Waals surface area contributed by atoms with Gasteiger partial charge in [0.15, 0.2) is 0 Å². The zero-order valence-corrected chi connectivity index (χ0v) is 14.6. The lowest BCUT2D eigenvalue weighted by molar-refractivity contribution is -0.139. The van der Waals surface area contributed by atoms with Crippen molar-refractivity contribution in [1.82, 2.24) is 10.1 Å². The molecule has 3 N–H and O–H groups in total. The smallest absolute Gasteiger partial charge is 0.278 e. The monoisotopic (exact) mass is 429 g/mol. The third-order valence-electron chi connectivity index (χ3n) is 4.26. The Morgan fingerprint density at radius 1 is 1.41 bits per heavy atom. The topological polar surface area (TPSA) is 92.5 Å². The lowest BCUT2D eigenvalue weighted by Crippen LogP contribution is -2.65. The fourth-order valence-electron chi connectivity index (χ4n) is 3.01. The van der Waals surface area contributed by atoms with Crippen molar-refractivity contribution in [3.05, 3.63) is 23.8 Å². The summed E-state index contributed by atoms with van der Waals surface area (Å²) in [6, 6.07) is 5.21. The molecule has 0 aromatic heterocycles. The molecule has 114 valence electrons. The summed E-state index contributed by atoms with van der Waals surface area (Å²) in [6.45, 7) is 0. The summed E-state index contributed by atoms with van der Waals surface area (Å²) in [4.78, 5) is 38.3. The molecule has 22 heavy (non-hydrogen) atoms. The Labute approximate surface area is 144 Å². The number of carbonyl (C=O) groups is 3. The predicted molar refractivity (Wildman–Crippen MR) is 95.4 cm³/mol. The highest BCUT2D eigenvalue weighted by Crippen LogP contribution is 2.34. The zero-order chi connectivity index (χ0) is 15.9. The lowest BCUT2D eigenvalue weighted by atomic mass is 9.76. The minimum atomic E-state index is -0.998. The maximum Gasteiger partial charge on any atom is 0.278 e. The maximum absolute atomic E-state index is 12.7. The van der Waals surface area contributed by atoms with Crippen LogP contribution in [-0.4, -0.2) is 41.2 Å². The number of nitrogen functional groups attached to an aromatic ring is 1. The highest BCUT2D eigenvalue weighted by molar-refractivity contribution is 14.2. The Hall–Kier alpha value is -1.23. The molecule has 1 fully saturated rings. The summed E-state index contributed by atoms with van der Waals surface area (Å²) in [7, 11) is 1.76. The van der Waals surface area contributed by atoms with Crippen LogP contribution >= 0.6 is 30.1 Å². The first-order chi connectivity index (χ1) is 10.5. The summed E-state index contributed by atoms with van der Waals surface area (Å²) in [5.41, 5.74) is 6.82. The Balaban J connectivity index is 2.01. The highest BCUT2D eigenvalue weighted by atomic mass is 127. The molecule has 0 saturated carbocycles. The third-order valence-corrected chi connectivity index (χ3v) is 5.78. The molecule has 1 atom stereocenters. The van der Waals surface area contributed by atoms with Gasteiger partial charge in [-0.05, 0) is 45.2 Å². The number of fused-ring (bicyclic) bond motifs is 1. The number of nitrogens with one attached hydrogen (secondary N) is 1. The van der Waals surface area contributed by atoms with Crippen molar-refractivity contribution in [2.24, 2.45) is 0 Å². The van der Waals surface area contributed by atoms with E-state index in [9.17, 15) is 14.4 Å². The molecule has 3 amide bonds. The van der Waals surface area contributed by atoms with Crippen LogP contribution in [0.15, 0.2) is 18.2 Å². The van der Waals surface area contributed by atoms with Gasteiger partial charge in [0.1, 0.15) is 5.54 Å². The first-order valence-electron chi connectivity index (χ1n) is 6.77. The van der Waals surface area contributed by atoms with Crippen LogP contribution in [-0.2, 0) is 9.59 Å². The van der Waals surface area contributed by atoms with Gasteiger partial charge < -0.3 is 10.5 Å². The molecule has 1 aromatic rings. The molecular formula is C13H13BIN3O3S. The Bertz CT molecular complexity index is 686. The molecular weight excluding hydrogens is 416 g/mol. The molecule has 6 nitrogen and oxygen atoms in total. The van der Waals surface area contributed by atoms with Gasteiger partial charge in [-0.3, -0.25) is 19.7 Å².